The van der Waals surface area contributed by atoms with Crippen molar-refractivity contribution in [2.45, 2.75) is 0 Å². The Morgan fingerprint density at radius 1 is 0.233 bits per heavy atom. The van der Waals surface area contributed by atoms with Crippen molar-refractivity contribution in [3.05, 3.63) is 267 Å². The van der Waals surface area contributed by atoms with Crippen molar-refractivity contribution in [3.8, 4) is 61.6 Å². The van der Waals surface area contributed by atoms with Gasteiger partial charge in [0, 0.05) is 10.9 Å². The summed E-state index contributed by atoms with van der Waals surface area (Å²) in [5.74, 6) is 0.915. The molecule has 1 aromatic heterocycles. The van der Waals surface area contributed by atoms with E-state index < -0.39 is 0 Å². The zero-order valence-corrected chi connectivity index (χ0v) is 39.8. The van der Waals surface area contributed by atoms with E-state index >= 15 is 0 Å². The van der Waals surface area contributed by atoms with Gasteiger partial charge in [-0.25, -0.2) is 4.98 Å². The predicted octanol–water partition coefficient (Wildman–Crippen LogP) is 19.4. The van der Waals surface area contributed by atoms with Crippen LogP contribution in [-0.4, -0.2) is 9.55 Å². The van der Waals surface area contributed by atoms with Crippen molar-refractivity contribution in [1.29, 1.82) is 0 Å². The molecule has 0 saturated heterocycles. The topological polar surface area (TPSA) is 17.8 Å². The summed E-state index contributed by atoms with van der Waals surface area (Å²) in [5, 5.41) is 17.1. The minimum absolute atomic E-state index is 0.915. The lowest BCUT2D eigenvalue weighted by Crippen LogP contribution is -1.99. The van der Waals surface area contributed by atoms with Crippen LogP contribution >= 0.6 is 0 Å². The highest BCUT2D eigenvalue weighted by molar-refractivity contribution is 6.25. The molecule has 0 bridgehead atoms. The number of fused-ring (bicyclic) bond motifs is 8. The number of hydrogen-bond donors (Lipinski definition) is 0. The molecule has 0 amide bonds. The van der Waals surface area contributed by atoms with Gasteiger partial charge in [-0.3, -0.25) is 4.57 Å². The van der Waals surface area contributed by atoms with Gasteiger partial charge < -0.3 is 0 Å². The molecule has 0 aliphatic rings. The van der Waals surface area contributed by atoms with E-state index in [9.17, 15) is 0 Å². The van der Waals surface area contributed by atoms with E-state index in [0.29, 0.717) is 0 Å². The first kappa shape index (κ1) is 41.2. The summed E-state index contributed by atoms with van der Waals surface area (Å²) in [6.45, 7) is 0. The van der Waals surface area contributed by atoms with E-state index in [-0.39, 0.29) is 0 Å². The molecule has 2 nitrogen and oxygen atoms in total. The molecule has 1 heterocycles. The molecule has 14 aromatic carbocycles. The SMILES string of the molecule is c1cc(-c2c3ccccc3c(-c3ccc4c(-c5ccc6ccccc6c5)c5ccccc5c(-c5ccc6ccccc6c5)c4c3)c3ccccc23)cc(-c2nc3ccccc3n2-c2cccc3ccccc23)c1. The average Bonchev–Trinajstić information content (AvgIpc) is 3.85. The lowest BCUT2D eigenvalue weighted by atomic mass is 9.82. The van der Waals surface area contributed by atoms with Gasteiger partial charge in [0.15, 0.2) is 0 Å². The van der Waals surface area contributed by atoms with Crippen LogP contribution in [0, 0.1) is 0 Å². The van der Waals surface area contributed by atoms with Crippen LogP contribution in [0.5, 0.6) is 0 Å². The molecule has 0 unspecified atom stereocenters. The maximum atomic E-state index is 5.37. The Hall–Kier alpha value is -9.63. The highest BCUT2D eigenvalue weighted by atomic mass is 15.1. The van der Waals surface area contributed by atoms with Crippen LogP contribution in [0.25, 0.3) is 148 Å². The average molecular weight is 925 g/mol. The van der Waals surface area contributed by atoms with Gasteiger partial charge in [0.2, 0.25) is 0 Å². The molecular weight excluding hydrogens is 881 g/mol. The Labute approximate surface area is 422 Å². The van der Waals surface area contributed by atoms with Crippen LogP contribution in [0.4, 0.5) is 0 Å². The van der Waals surface area contributed by atoms with Gasteiger partial charge in [-0.05, 0) is 157 Å². The Kier molecular flexibility index (Phi) is 9.30. The largest absolute Gasteiger partial charge is 0.292 e. The van der Waals surface area contributed by atoms with E-state index in [0.717, 1.165) is 33.7 Å². The first-order chi connectivity index (χ1) is 36.2. The Morgan fingerprint density at radius 3 is 1.22 bits per heavy atom. The first-order valence-electron chi connectivity index (χ1n) is 25.2. The molecule has 338 valence electrons. The van der Waals surface area contributed by atoms with Gasteiger partial charge >= 0.3 is 0 Å². The van der Waals surface area contributed by atoms with Crippen LogP contribution in [0.1, 0.15) is 0 Å². The number of benzene rings is 14. The molecule has 0 atom stereocenters. The summed E-state index contributed by atoms with van der Waals surface area (Å²) >= 11 is 0. The monoisotopic (exact) mass is 924 g/mol. The number of imidazole rings is 1. The highest BCUT2D eigenvalue weighted by Gasteiger charge is 2.23. The van der Waals surface area contributed by atoms with Crippen LogP contribution in [0.2, 0.25) is 0 Å². The van der Waals surface area contributed by atoms with Gasteiger partial charge in [0.25, 0.3) is 0 Å². The maximum absolute atomic E-state index is 5.37. The highest BCUT2D eigenvalue weighted by Crippen LogP contribution is 2.49. The molecule has 2 heteroatoms. The second-order valence-corrected chi connectivity index (χ2v) is 19.4. The Bertz CT molecular complexity index is 4680. The molecule has 0 aliphatic carbocycles. The summed E-state index contributed by atoms with van der Waals surface area (Å²) < 4.78 is 2.34. The van der Waals surface area contributed by atoms with E-state index in [1.54, 1.807) is 0 Å². The number of rotatable bonds is 6. The summed E-state index contributed by atoms with van der Waals surface area (Å²) in [6, 6.07) is 98.3. The fraction of sp³-hybridized carbons (Fsp3) is 0. The van der Waals surface area contributed by atoms with Gasteiger partial charge in [-0.1, -0.05) is 224 Å². The van der Waals surface area contributed by atoms with Crippen molar-refractivity contribution in [1.82, 2.24) is 9.55 Å². The van der Waals surface area contributed by atoms with Gasteiger partial charge in [-0.15, -0.1) is 0 Å². The maximum Gasteiger partial charge on any atom is 0.145 e. The third-order valence-corrected chi connectivity index (χ3v) is 15.3. The van der Waals surface area contributed by atoms with E-state index in [1.165, 1.54) is 114 Å². The molecule has 0 N–H and O–H groups in total. The van der Waals surface area contributed by atoms with Crippen molar-refractivity contribution >= 4 is 86.4 Å². The quantitative estimate of drug-likeness (QED) is 0.152. The molecule has 15 aromatic rings. The minimum atomic E-state index is 0.915. The fourth-order valence-electron chi connectivity index (χ4n) is 12.1. The fourth-order valence-corrected chi connectivity index (χ4v) is 12.1. The molecule has 0 radical (unpaired) electrons. The zero-order valence-electron chi connectivity index (χ0n) is 39.8. The second kappa shape index (κ2) is 16.5. The Balaban J connectivity index is 0.978. The molecule has 0 saturated carbocycles. The van der Waals surface area contributed by atoms with Crippen molar-refractivity contribution < 1.29 is 0 Å². The molecule has 0 aliphatic heterocycles. The summed E-state index contributed by atoms with van der Waals surface area (Å²) in [7, 11) is 0. The smallest absolute Gasteiger partial charge is 0.145 e. The Morgan fingerprint density at radius 2 is 0.630 bits per heavy atom. The summed E-state index contributed by atoms with van der Waals surface area (Å²) in [6.07, 6.45) is 0. The van der Waals surface area contributed by atoms with Crippen molar-refractivity contribution in [2.24, 2.45) is 0 Å². The lowest BCUT2D eigenvalue weighted by molar-refractivity contribution is 1.11. The number of nitrogens with zero attached hydrogens (tertiary/aromatic N) is 2. The summed E-state index contributed by atoms with van der Waals surface area (Å²) in [5.41, 5.74) is 13.9. The molecule has 0 spiro atoms. The van der Waals surface area contributed by atoms with Gasteiger partial charge in [0.05, 0.1) is 16.7 Å². The number of para-hydroxylation sites is 2. The first-order valence-corrected chi connectivity index (χ1v) is 25.2. The molecule has 0 fully saturated rings. The van der Waals surface area contributed by atoms with Gasteiger partial charge in [0.1, 0.15) is 5.82 Å². The van der Waals surface area contributed by atoms with Crippen LogP contribution in [-0.2, 0) is 0 Å². The van der Waals surface area contributed by atoms with Crippen molar-refractivity contribution in [3.63, 3.8) is 0 Å². The van der Waals surface area contributed by atoms with Crippen LogP contribution in [0.3, 0.4) is 0 Å². The van der Waals surface area contributed by atoms with E-state index in [1.807, 2.05) is 0 Å². The van der Waals surface area contributed by atoms with E-state index in [4.69, 9.17) is 4.98 Å². The van der Waals surface area contributed by atoms with Crippen LogP contribution < -0.4 is 0 Å². The third kappa shape index (κ3) is 6.54. The summed E-state index contributed by atoms with van der Waals surface area (Å²) in [4.78, 5) is 5.37. The zero-order chi connectivity index (χ0) is 48.0. The number of aromatic nitrogens is 2. The van der Waals surface area contributed by atoms with Crippen molar-refractivity contribution in [2.75, 3.05) is 0 Å². The molecular formula is C71H44N2. The minimum Gasteiger partial charge on any atom is -0.292 e. The van der Waals surface area contributed by atoms with Crippen LogP contribution in [0.15, 0.2) is 267 Å². The molecule has 15 rings (SSSR count). The third-order valence-electron chi connectivity index (χ3n) is 15.3. The van der Waals surface area contributed by atoms with Gasteiger partial charge in [-0.2, -0.15) is 0 Å². The number of hydrogen-bond acceptors (Lipinski definition) is 1. The predicted molar refractivity (Wildman–Crippen MR) is 311 cm³/mol. The standard InChI is InChI=1S/C71H44N2/c1-3-20-48-41-51(37-35-45(48)17-1)68-60-30-11-12-31-61(60)70(52-38-36-46-18-2-4-21-49(46)42-52)63-44-53(39-40-62(63)68)69-58-28-9-7-26-56(58)67(57-27-8-10-29-59(57)69)50-23-15-24-54(43-50)71-72-64-32-13-14-33-66(64)73(71)65-34-16-22-47-19-5-6-25-55(47)65/h1-44H. The van der Waals surface area contributed by atoms with E-state index in [2.05, 4.69) is 271 Å². The normalized spacial score (nSPS) is 11.8. The molecule has 73 heavy (non-hydrogen) atoms. The lowest BCUT2D eigenvalue weighted by Gasteiger charge is -2.21. The second-order valence-electron chi connectivity index (χ2n) is 19.4.